The lowest BCUT2D eigenvalue weighted by molar-refractivity contribution is 0.0796. The van der Waals surface area contributed by atoms with E-state index in [4.69, 9.17) is 5.73 Å². The normalized spacial score (nSPS) is 9.90. The lowest BCUT2D eigenvalue weighted by Gasteiger charge is -2.17. The van der Waals surface area contributed by atoms with Crippen LogP contribution >= 0.6 is 23.7 Å². The maximum Gasteiger partial charge on any atom is 0.253 e. The third-order valence-corrected chi connectivity index (χ3v) is 3.83. The van der Waals surface area contributed by atoms with Gasteiger partial charge >= 0.3 is 0 Å². The van der Waals surface area contributed by atoms with Crippen LogP contribution in [0.3, 0.4) is 0 Å². The monoisotopic (exact) mass is 311 g/mol. The molecule has 4 nitrogen and oxygen atoms in total. The van der Waals surface area contributed by atoms with E-state index in [0.717, 1.165) is 12.1 Å². The average Bonchev–Trinajstić information content (AvgIpc) is 2.97. The fourth-order valence-corrected chi connectivity index (χ4v) is 2.48. The van der Waals surface area contributed by atoms with Crippen molar-refractivity contribution in [2.24, 2.45) is 5.73 Å². The molecule has 2 heterocycles. The Bertz CT molecular complexity index is 545. The number of halogens is 1. The summed E-state index contributed by atoms with van der Waals surface area (Å²) in [6.07, 6.45) is 2.51. The van der Waals surface area contributed by atoms with E-state index in [2.05, 4.69) is 11.1 Å². The van der Waals surface area contributed by atoms with Gasteiger partial charge in [0.25, 0.3) is 5.91 Å². The maximum atomic E-state index is 12.2. The van der Waals surface area contributed by atoms with Crippen LogP contribution in [0.5, 0.6) is 0 Å². The molecule has 0 unspecified atom stereocenters. The summed E-state index contributed by atoms with van der Waals surface area (Å²) >= 11 is 1.71. The molecule has 2 aromatic rings. The van der Waals surface area contributed by atoms with Gasteiger partial charge in [0.15, 0.2) is 0 Å². The van der Waals surface area contributed by atoms with Gasteiger partial charge in [-0.25, -0.2) is 0 Å². The van der Waals surface area contributed by atoms with Crippen LogP contribution in [0.15, 0.2) is 35.8 Å². The van der Waals surface area contributed by atoms with E-state index in [-0.39, 0.29) is 18.3 Å². The summed E-state index contributed by atoms with van der Waals surface area (Å²) < 4.78 is 0. The van der Waals surface area contributed by atoms with Gasteiger partial charge in [-0.3, -0.25) is 9.78 Å². The van der Waals surface area contributed by atoms with E-state index in [1.165, 1.54) is 4.88 Å². The second-order valence-corrected chi connectivity index (χ2v) is 5.33. The SMILES string of the molecule is CN(CCc1cccs1)C(=O)c1ccnc(CN)c1.Cl. The van der Waals surface area contributed by atoms with Crippen molar-refractivity contribution in [3.8, 4) is 0 Å². The molecule has 0 spiro atoms. The van der Waals surface area contributed by atoms with Crippen LogP contribution in [0.2, 0.25) is 0 Å². The summed E-state index contributed by atoms with van der Waals surface area (Å²) in [5, 5.41) is 2.05. The Morgan fingerprint density at radius 3 is 2.90 bits per heavy atom. The van der Waals surface area contributed by atoms with Gasteiger partial charge in [-0.05, 0) is 30.0 Å². The van der Waals surface area contributed by atoms with E-state index < -0.39 is 0 Å². The van der Waals surface area contributed by atoms with Crippen molar-refractivity contribution in [2.75, 3.05) is 13.6 Å². The van der Waals surface area contributed by atoms with Gasteiger partial charge < -0.3 is 10.6 Å². The van der Waals surface area contributed by atoms with E-state index >= 15 is 0 Å². The van der Waals surface area contributed by atoms with Crippen molar-refractivity contribution in [2.45, 2.75) is 13.0 Å². The number of aromatic nitrogens is 1. The zero-order valence-corrected chi connectivity index (χ0v) is 12.9. The van der Waals surface area contributed by atoms with Gasteiger partial charge in [-0.1, -0.05) is 6.07 Å². The molecular weight excluding hydrogens is 294 g/mol. The first-order valence-electron chi connectivity index (χ1n) is 6.13. The minimum atomic E-state index is 0. The Labute approximate surface area is 129 Å². The Balaban J connectivity index is 0.00000200. The Morgan fingerprint density at radius 1 is 1.45 bits per heavy atom. The molecule has 0 fully saturated rings. The summed E-state index contributed by atoms with van der Waals surface area (Å²) in [4.78, 5) is 19.3. The molecule has 2 rings (SSSR count). The summed E-state index contributed by atoms with van der Waals surface area (Å²) in [6, 6.07) is 7.59. The summed E-state index contributed by atoms with van der Waals surface area (Å²) in [5.41, 5.74) is 6.91. The van der Waals surface area contributed by atoms with Gasteiger partial charge in [-0.15, -0.1) is 23.7 Å². The molecule has 0 aromatic carbocycles. The van der Waals surface area contributed by atoms with E-state index in [0.29, 0.717) is 18.7 Å². The average molecular weight is 312 g/mol. The van der Waals surface area contributed by atoms with Crippen LogP contribution in [0, 0.1) is 0 Å². The second kappa shape index (κ2) is 7.99. The Hall–Kier alpha value is -1.43. The number of amides is 1. The largest absolute Gasteiger partial charge is 0.341 e. The van der Waals surface area contributed by atoms with Crippen molar-refractivity contribution < 1.29 is 4.79 Å². The molecule has 0 aliphatic rings. The Morgan fingerprint density at radius 2 is 2.25 bits per heavy atom. The predicted molar refractivity (Wildman–Crippen MR) is 84.4 cm³/mol. The van der Waals surface area contributed by atoms with Crippen LogP contribution in [-0.2, 0) is 13.0 Å². The number of carbonyl (C=O) groups is 1. The fourth-order valence-electron chi connectivity index (χ4n) is 1.78. The first-order chi connectivity index (χ1) is 9.20. The fraction of sp³-hybridized carbons (Fsp3) is 0.286. The molecule has 0 saturated carbocycles. The highest BCUT2D eigenvalue weighted by molar-refractivity contribution is 7.09. The van der Waals surface area contributed by atoms with E-state index in [1.54, 1.807) is 34.6 Å². The number of carbonyl (C=O) groups excluding carboxylic acids is 1. The predicted octanol–water partition coefficient (Wildman–Crippen LogP) is 2.34. The van der Waals surface area contributed by atoms with E-state index in [1.807, 2.05) is 18.5 Å². The van der Waals surface area contributed by atoms with Crippen LogP contribution in [0.25, 0.3) is 0 Å². The van der Waals surface area contributed by atoms with Crippen molar-refractivity contribution in [3.05, 3.63) is 52.0 Å². The molecule has 6 heteroatoms. The number of thiophene rings is 1. The summed E-state index contributed by atoms with van der Waals surface area (Å²) in [7, 11) is 1.82. The lowest BCUT2D eigenvalue weighted by Crippen LogP contribution is -2.28. The highest BCUT2D eigenvalue weighted by Gasteiger charge is 2.12. The Kier molecular flexibility index (Phi) is 6.64. The molecule has 0 aliphatic heterocycles. The third-order valence-electron chi connectivity index (χ3n) is 2.89. The molecule has 2 aromatic heterocycles. The van der Waals surface area contributed by atoms with Gasteiger partial charge in [0.05, 0.1) is 5.69 Å². The first-order valence-corrected chi connectivity index (χ1v) is 7.01. The van der Waals surface area contributed by atoms with Gasteiger partial charge in [0.2, 0.25) is 0 Å². The number of hydrogen-bond acceptors (Lipinski definition) is 4. The summed E-state index contributed by atoms with van der Waals surface area (Å²) in [6.45, 7) is 1.06. The molecular formula is C14H18ClN3OS. The third kappa shape index (κ3) is 4.30. The molecule has 0 saturated heterocycles. The second-order valence-electron chi connectivity index (χ2n) is 4.30. The standard InChI is InChI=1S/C14H17N3OS.ClH/c1-17(7-5-13-3-2-8-19-13)14(18)11-4-6-16-12(9-11)10-15;/h2-4,6,8-9H,5,7,10,15H2,1H3;1H. The van der Waals surface area contributed by atoms with Gasteiger partial charge in [0, 0.05) is 36.8 Å². The highest BCUT2D eigenvalue weighted by atomic mass is 35.5. The smallest absolute Gasteiger partial charge is 0.253 e. The van der Waals surface area contributed by atoms with Crippen molar-refractivity contribution in [1.82, 2.24) is 9.88 Å². The topological polar surface area (TPSA) is 59.2 Å². The molecule has 20 heavy (non-hydrogen) atoms. The van der Waals surface area contributed by atoms with Crippen molar-refractivity contribution >= 4 is 29.7 Å². The van der Waals surface area contributed by atoms with Crippen LogP contribution < -0.4 is 5.73 Å². The van der Waals surface area contributed by atoms with Crippen molar-refractivity contribution in [1.29, 1.82) is 0 Å². The van der Waals surface area contributed by atoms with Gasteiger partial charge in [-0.2, -0.15) is 0 Å². The molecule has 0 bridgehead atoms. The minimum absolute atomic E-state index is 0. The zero-order chi connectivity index (χ0) is 13.7. The lowest BCUT2D eigenvalue weighted by atomic mass is 10.2. The number of pyridine rings is 1. The molecule has 108 valence electrons. The first kappa shape index (κ1) is 16.6. The quantitative estimate of drug-likeness (QED) is 0.922. The zero-order valence-electron chi connectivity index (χ0n) is 11.3. The number of hydrogen-bond donors (Lipinski definition) is 1. The molecule has 1 amide bonds. The maximum absolute atomic E-state index is 12.2. The minimum Gasteiger partial charge on any atom is -0.341 e. The van der Waals surface area contributed by atoms with Crippen molar-refractivity contribution in [3.63, 3.8) is 0 Å². The van der Waals surface area contributed by atoms with Crippen LogP contribution in [-0.4, -0.2) is 29.4 Å². The number of rotatable bonds is 5. The van der Waals surface area contributed by atoms with Gasteiger partial charge in [0.1, 0.15) is 0 Å². The number of nitrogens with two attached hydrogens (primary N) is 1. The highest BCUT2D eigenvalue weighted by Crippen LogP contribution is 2.11. The number of likely N-dealkylation sites (N-methyl/N-ethyl adjacent to an activating group) is 1. The van der Waals surface area contributed by atoms with Crippen LogP contribution in [0.4, 0.5) is 0 Å². The van der Waals surface area contributed by atoms with Crippen LogP contribution in [0.1, 0.15) is 20.9 Å². The molecule has 0 atom stereocenters. The molecule has 0 radical (unpaired) electrons. The molecule has 0 aliphatic carbocycles. The number of nitrogens with zero attached hydrogens (tertiary/aromatic N) is 2. The molecule has 2 N–H and O–H groups in total. The van der Waals surface area contributed by atoms with E-state index in [9.17, 15) is 4.79 Å². The summed E-state index contributed by atoms with van der Waals surface area (Å²) in [5.74, 6) is 0.00801.